The van der Waals surface area contributed by atoms with Crippen molar-refractivity contribution in [3.8, 4) is 5.75 Å². The first-order valence-corrected chi connectivity index (χ1v) is 18.6. The van der Waals surface area contributed by atoms with E-state index in [0.29, 0.717) is 10.8 Å². The average Bonchev–Trinajstić information content (AvgIpc) is 3.59. The Hall–Kier alpha value is -3.86. The molecule has 5 rings (SSSR count). The standard InChI is InChI=1S/C37H39BrClN3O5S/c1-2-47-35-18-9-8-17-33(35)42(48(45,46)32-21-19-30(39)20-22-32)26-36(43)41(25-28-13-10-14-29(38)23-28)34(24-27-11-4-3-5-12-27)37(44)40-31-15-6-7-16-31/h3-5,8-14,17-23,31,34H,2,6-7,15-16,24-26H2,1H3,(H,40,44)/t34-/m0/s1. The monoisotopic (exact) mass is 751 g/mol. The Morgan fingerprint density at radius 1 is 0.917 bits per heavy atom. The summed E-state index contributed by atoms with van der Waals surface area (Å²) in [4.78, 5) is 30.4. The van der Waals surface area contributed by atoms with Gasteiger partial charge in [-0.3, -0.25) is 13.9 Å². The Bertz CT molecular complexity index is 1800. The summed E-state index contributed by atoms with van der Waals surface area (Å²) >= 11 is 9.62. The molecule has 1 saturated carbocycles. The lowest BCUT2D eigenvalue weighted by Gasteiger charge is -2.34. The Labute approximate surface area is 296 Å². The maximum Gasteiger partial charge on any atom is 0.264 e. The molecule has 1 fully saturated rings. The molecule has 4 aromatic carbocycles. The highest BCUT2D eigenvalue weighted by atomic mass is 79.9. The van der Waals surface area contributed by atoms with Crippen molar-refractivity contribution in [2.24, 2.45) is 0 Å². The number of sulfonamides is 1. The third kappa shape index (κ3) is 8.98. The fraction of sp³-hybridized carbons (Fsp3) is 0.297. The number of halogens is 2. The van der Waals surface area contributed by atoms with Crippen LogP contribution in [0.1, 0.15) is 43.7 Å². The van der Waals surface area contributed by atoms with Crippen LogP contribution in [-0.2, 0) is 32.6 Å². The molecule has 48 heavy (non-hydrogen) atoms. The van der Waals surface area contributed by atoms with Crippen LogP contribution < -0.4 is 14.4 Å². The molecular weight excluding hydrogens is 714 g/mol. The number of benzene rings is 4. The molecule has 4 aromatic rings. The number of carbonyl (C=O) groups excluding carboxylic acids is 2. The summed E-state index contributed by atoms with van der Waals surface area (Å²) < 4.78 is 36.4. The van der Waals surface area contributed by atoms with E-state index in [4.69, 9.17) is 16.3 Å². The second-order valence-corrected chi connectivity index (χ2v) is 14.9. The topological polar surface area (TPSA) is 96.0 Å². The van der Waals surface area contributed by atoms with Crippen LogP contribution >= 0.6 is 27.5 Å². The zero-order valence-electron chi connectivity index (χ0n) is 26.7. The molecule has 2 amide bonds. The van der Waals surface area contributed by atoms with E-state index in [1.807, 2.05) is 54.6 Å². The fourth-order valence-corrected chi connectivity index (χ4v) is 7.94. The number of nitrogens with zero attached hydrogens (tertiary/aromatic N) is 2. The van der Waals surface area contributed by atoms with Gasteiger partial charge in [-0.15, -0.1) is 0 Å². The second kappa shape index (κ2) is 16.5. The lowest BCUT2D eigenvalue weighted by molar-refractivity contribution is -0.140. The van der Waals surface area contributed by atoms with Gasteiger partial charge in [-0.1, -0.05) is 95.0 Å². The molecule has 0 heterocycles. The van der Waals surface area contributed by atoms with Gasteiger partial charge < -0.3 is 15.0 Å². The molecule has 0 unspecified atom stereocenters. The van der Waals surface area contributed by atoms with Crippen molar-refractivity contribution in [1.29, 1.82) is 0 Å². The number of ether oxygens (including phenoxy) is 1. The molecule has 0 aliphatic heterocycles. The summed E-state index contributed by atoms with van der Waals surface area (Å²) in [7, 11) is -4.30. The van der Waals surface area contributed by atoms with Crippen molar-refractivity contribution in [3.05, 3.63) is 124 Å². The summed E-state index contributed by atoms with van der Waals surface area (Å²) in [5.41, 5.74) is 1.87. The van der Waals surface area contributed by atoms with Gasteiger partial charge in [0.05, 0.1) is 17.2 Å². The minimum absolute atomic E-state index is 0.0263. The predicted molar refractivity (Wildman–Crippen MR) is 193 cm³/mol. The summed E-state index contributed by atoms with van der Waals surface area (Å²) in [6.07, 6.45) is 4.07. The van der Waals surface area contributed by atoms with E-state index in [9.17, 15) is 18.0 Å². The van der Waals surface area contributed by atoms with E-state index in [0.717, 1.165) is 45.6 Å². The van der Waals surface area contributed by atoms with Crippen LogP contribution in [0.25, 0.3) is 0 Å². The van der Waals surface area contributed by atoms with Crippen LogP contribution in [0.5, 0.6) is 5.75 Å². The van der Waals surface area contributed by atoms with Crippen molar-refractivity contribution < 1.29 is 22.7 Å². The van der Waals surface area contributed by atoms with Gasteiger partial charge in [0.1, 0.15) is 18.3 Å². The molecule has 1 aliphatic rings. The van der Waals surface area contributed by atoms with Gasteiger partial charge in [-0.2, -0.15) is 0 Å². The highest BCUT2D eigenvalue weighted by molar-refractivity contribution is 9.10. The Morgan fingerprint density at radius 2 is 1.58 bits per heavy atom. The molecule has 1 atom stereocenters. The first-order chi connectivity index (χ1) is 23.2. The minimum atomic E-state index is -4.30. The third-order valence-corrected chi connectivity index (χ3v) is 10.8. The molecular formula is C37H39BrClN3O5S. The number of carbonyl (C=O) groups is 2. The Kier molecular flexibility index (Phi) is 12.2. The summed E-state index contributed by atoms with van der Waals surface area (Å²) in [5, 5.41) is 3.58. The molecule has 1 N–H and O–H groups in total. The highest BCUT2D eigenvalue weighted by Gasteiger charge is 2.36. The van der Waals surface area contributed by atoms with E-state index >= 15 is 0 Å². The highest BCUT2D eigenvalue weighted by Crippen LogP contribution is 2.33. The number of para-hydroxylation sites is 2. The maximum atomic E-state index is 14.8. The molecule has 0 spiro atoms. The van der Waals surface area contributed by atoms with Gasteiger partial charge in [0.25, 0.3) is 10.0 Å². The number of hydrogen-bond acceptors (Lipinski definition) is 5. The SMILES string of the molecule is CCOc1ccccc1N(CC(=O)N(Cc1cccc(Br)c1)[C@@H](Cc1ccccc1)C(=O)NC1CCCC1)S(=O)(=O)c1ccc(Cl)cc1. The number of anilines is 1. The summed E-state index contributed by atoms with van der Waals surface area (Å²) in [6, 6.07) is 28.7. The molecule has 252 valence electrons. The minimum Gasteiger partial charge on any atom is -0.492 e. The van der Waals surface area contributed by atoms with Crippen molar-refractivity contribution in [3.63, 3.8) is 0 Å². The van der Waals surface area contributed by atoms with Gasteiger partial charge in [0.2, 0.25) is 11.8 Å². The van der Waals surface area contributed by atoms with Crippen molar-refractivity contribution in [1.82, 2.24) is 10.2 Å². The van der Waals surface area contributed by atoms with E-state index in [1.165, 1.54) is 29.2 Å². The maximum absolute atomic E-state index is 14.8. The van der Waals surface area contributed by atoms with E-state index in [1.54, 1.807) is 31.2 Å². The van der Waals surface area contributed by atoms with Crippen LogP contribution in [-0.4, -0.2) is 50.4 Å². The normalized spacial score (nSPS) is 13.9. The van der Waals surface area contributed by atoms with Gasteiger partial charge in [-0.25, -0.2) is 8.42 Å². The molecule has 0 saturated heterocycles. The van der Waals surface area contributed by atoms with Crippen LogP contribution in [0.15, 0.2) is 112 Å². The molecule has 1 aliphatic carbocycles. The van der Waals surface area contributed by atoms with Gasteiger partial charge in [-0.05, 0) is 79.4 Å². The zero-order chi connectivity index (χ0) is 34.1. The lowest BCUT2D eigenvalue weighted by Crippen LogP contribution is -2.54. The zero-order valence-corrected chi connectivity index (χ0v) is 29.9. The molecule has 8 nitrogen and oxygen atoms in total. The molecule has 0 radical (unpaired) electrons. The molecule has 11 heteroatoms. The molecule has 0 bridgehead atoms. The van der Waals surface area contributed by atoms with Crippen LogP contribution in [0.3, 0.4) is 0 Å². The number of hydrogen-bond donors (Lipinski definition) is 1. The van der Waals surface area contributed by atoms with Crippen molar-refractivity contribution in [2.75, 3.05) is 17.5 Å². The first kappa shape index (κ1) is 35.4. The van der Waals surface area contributed by atoms with E-state index in [-0.39, 0.29) is 42.1 Å². The van der Waals surface area contributed by atoms with E-state index in [2.05, 4.69) is 21.2 Å². The van der Waals surface area contributed by atoms with Gasteiger partial charge >= 0.3 is 0 Å². The Balaban J connectivity index is 1.59. The Morgan fingerprint density at radius 3 is 2.27 bits per heavy atom. The lowest BCUT2D eigenvalue weighted by atomic mass is 10.0. The van der Waals surface area contributed by atoms with Crippen LogP contribution in [0.2, 0.25) is 5.02 Å². The number of rotatable bonds is 14. The predicted octanol–water partition coefficient (Wildman–Crippen LogP) is 7.40. The smallest absolute Gasteiger partial charge is 0.264 e. The van der Waals surface area contributed by atoms with Crippen LogP contribution in [0, 0.1) is 0 Å². The third-order valence-electron chi connectivity index (χ3n) is 8.33. The summed E-state index contributed by atoms with van der Waals surface area (Å²) in [6.45, 7) is 1.59. The average molecular weight is 753 g/mol. The van der Waals surface area contributed by atoms with Gasteiger partial charge in [0.15, 0.2) is 0 Å². The first-order valence-electron chi connectivity index (χ1n) is 16.0. The second-order valence-electron chi connectivity index (χ2n) is 11.7. The molecule has 0 aromatic heterocycles. The van der Waals surface area contributed by atoms with Crippen LogP contribution in [0.4, 0.5) is 5.69 Å². The quantitative estimate of drug-likeness (QED) is 0.145. The van der Waals surface area contributed by atoms with Gasteiger partial charge in [0, 0.05) is 28.5 Å². The number of nitrogens with one attached hydrogen (secondary N) is 1. The largest absolute Gasteiger partial charge is 0.492 e. The summed E-state index contributed by atoms with van der Waals surface area (Å²) in [5.74, 6) is -0.499. The van der Waals surface area contributed by atoms with E-state index < -0.39 is 28.5 Å². The van der Waals surface area contributed by atoms with Crippen molar-refractivity contribution >= 4 is 55.1 Å². The van der Waals surface area contributed by atoms with Crippen molar-refractivity contribution in [2.45, 2.75) is 62.6 Å². The number of amides is 2. The fourth-order valence-electron chi connectivity index (χ4n) is 5.94.